The molecule has 2 aliphatic rings. The number of primary amides is 1. The molecule has 2 N–H and O–H groups in total. The van der Waals surface area contributed by atoms with Crippen LogP contribution in [-0.2, 0) is 20.4 Å². The van der Waals surface area contributed by atoms with Crippen molar-refractivity contribution in [3.8, 4) is 17.2 Å². The van der Waals surface area contributed by atoms with Crippen molar-refractivity contribution in [2.75, 3.05) is 47.5 Å². The number of imide groups is 1. The first-order chi connectivity index (χ1) is 21.6. The number of ether oxygens (including phenoxy) is 3. The van der Waals surface area contributed by atoms with Crippen molar-refractivity contribution in [1.82, 2.24) is 9.80 Å². The molecule has 1 atom stereocenters. The van der Waals surface area contributed by atoms with Gasteiger partial charge in [0.25, 0.3) is 5.91 Å². The number of piperidine rings is 1. The number of hydrogen-bond acceptors (Lipinski definition) is 7. The van der Waals surface area contributed by atoms with Gasteiger partial charge in [0, 0.05) is 23.9 Å². The van der Waals surface area contributed by atoms with Crippen molar-refractivity contribution in [3.05, 3.63) is 87.4 Å². The van der Waals surface area contributed by atoms with E-state index >= 15 is 0 Å². The summed E-state index contributed by atoms with van der Waals surface area (Å²) in [6, 6.07) is 18.2. The highest BCUT2D eigenvalue weighted by Gasteiger charge is 2.48. The number of carbonyl (C=O) groups excluding carboxylic acids is 3. The number of methoxy groups -OCH3 is 3. The van der Waals surface area contributed by atoms with Gasteiger partial charge in [-0.25, -0.2) is 0 Å². The molecule has 3 aromatic carbocycles. The fraction of sp³-hybridized carbons (Fsp3) is 0.382. The number of likely N-dealkylation sites (tertiary alicyclic amines) is 2. The average molecular weight is 655 g/mol. The molecule has 5 rings (SSSR count). The zero-order valence-corrected chi connectivity index (χ0v) is 27.1. The zero-order chi connectivity index (χ0) is 32.4. The third-order valence-electron chi connectivity index (χ3n) is 9.35. The van der Waals surface area contributed by atoms with Crippen molar-refractivity contribution in [3.63, 3.8) is 0 Å². The fourth-order valence-electron chi connectivity index (χ4n) is 6.67. The maximum absolute atomic E-state index is 13.9. The molecule has 3 aromatic rings. The minimum atomic E-state index is -0.716. The van der Waals surface area contributed by atoms with Gasteiger partial charge < -0.3 is 24.8 Å². The van der Waals surface area contributed by atoms with E-state index in [0.29, 0.717) is 66.2 Å². The van der Waals surface area contributed by atoms with Gasteiger partial charge in [-0.05, 0) is 74.3 Å². The van der Waals surface area contributed by atoms with Crippen LogP contribution in [0.5, 0.6) is 17.2 Å². The molecular formula is C34H37Cl2N3O6. The zero-order valence-electron chi connectivity index (χ0n) is 25.6. The summed E-state index contributed by atoms with van der Waals surface area (Å²) in [5, 5.41) is 0.785. The standard InChI is InChI=1S/C34H37Cl2N3O6/c1-43-27-17-22(18-28(44-2)30(27)45-3)31(41)39-21-33(20-29(39)40,24-9-10-25(35)26(36)19-24)11-14-38-15-12-34(13-16-38,32(37)42)23-7-5-4-6-8-23/h4-10,17-19H,11-16,20-21H2,1-3H3,(H2,37,42). The van der Waals surface area contributed by atoms with Crippen LogP contribution in [-0.4, -0.2) is 75.0 Å². The number of nitrogens with zero attached hydrogens (tertiary/aromatic N) is 2. The predicted octanol–water partition coefficient (Wildman–Crippen LogP) is 5.24. The molecule has 45 heavy (non-hydrogen) atoms. The summed E-state index contributed by atoms with van der Waals surface area (Å²) in [6.45, 7) is 2.13. The van der Waals surface area contributed by atoms with Crippen LogP contribution >= 0.6 is 23.2 Å². The molecule has 2 saturated heterocycles. The molecule has 0 saturated carbocycles. The topological polar surface area (TPSA) is 111 Å². The van der Waals surface area contributed by atoms with Gasteiger partial charge in [0.05, 0.1) is 36.8 Å². The molecule has 0 spiro atoms. The maximum atomic E-state index is 13.9. The van der Waals surface area contributed by atoms with Gasteiger partial charge in [-0.1, -0.05) is 59.6 Å². The summed E-state index contributed by atoms with van der Waals surface area (Å²) in [4.78, 5) is 43.8. The highest BCUT2D eigenvalue weighted by atomic mass is 35.5. The normalized spacial score (nSPS) is 19.8. The summed E-state index contributed by atoms with van der Waals surface area (Å²) in [7, 11) is 4.42. The lowest BCUT2D eigenvalue weighted by Crippen LogP contribution is -2.50. The third-order valence-corrected chi connectivity index (χ3v) is 10.1. The van der Waals surface area contributed by atoms with E-state index in [1.54, 1.807) is 24.3 Å². The summed E-state index contributed by atoms with van der Waals surface area (Å²) in [6.07, 6.45) is 1.88. The second-order valence-electron chi connectivity index (χ2n) is 11.7. The summed E-state index contributed by atoms with van der Waals surface area (Å²) >= 11 is 12.7. The lowest BCUT2D eigenvalue weighted by atomic mass is 9.71. The summed E-state index contributed by atoms with van der Waals surface area (Å²) in [5.74, 6) is -0.0967. The maximum Gasteiger partial charge on any atom is 0.260 e. The van der Waals surface area contributed by atoms with Gasteiger partial charge in [0.1, 0.15) is 0 Å². The molecule has 0 aliphatic carbocycles. The number of halogens is 2. The third kappa shape index (κ3) is 6.21. The van der Waals surface area contributed by atoms with E-state index in [1.807, 2.05) is 36.4 Å². The molecule has 2 heterocycles. The Morgan fingerprint density at radius 2 is 1.51 bits per heavy atom. The number of amides is 3. The van der Waals surface area contributed by atoms with Crippen molar-refractivity contribution < 1.29 is 28.6 Å². The highest BCUT2D eigenvalue weighted by molar-refractivity contribution is 6.42. The predicted molar refractivity (Wildman–Crippen MR) is 173 cm³/mol. The molecule has 2 aliphatic heterocycles. The number of benzene rings is 3. The Kier molecular flexibility index (Phi) is 9.63. The largest absolute Gasteiger partial charge is 0.493 e. The lowest BCUT2D eigenvalue weighted by Gasteiger charge is -2.41. The van der Waals surface area contributed by atoms with E-state index < -0.39 is 16.7 Å². The number of hydrogen-bond donors (Lipinski definition) is 1. The molecule has 0 bridgehead atoms. The minimum Gasteiger partial charge on any atom is -0.493 e. The van der Waals surface area contributed by atoms with Crippen LogP contribution in [0.4, 0.5) is 0 Å². The lowest BCUT2D eigenvalue weighted by molar-refractivity contribution is -0.126. The molecule has 11 heteroatoms. The highest BCUT2D eigenvalue weighted by Crippen LogP contribution is 2.44. The van der Waals surface area contributed by atoms with Crippen LogP contribution in [0.3, 0.4) is 0 Å². The fourth-order valence-corrected chi connectivity index (χ4v) is 6.97. The van der Waals surface area contributed by atoms with E-state index in [2.05, 4.69) is 4.90 Å². The average Bonchev–Trinajstić information content (AvgIpc) is 3.41. The first-order valence-electron chi connectivity index (χ1n) is 14.8. The molecule has 3 amide bonds. The van der Waals surface area contributed by atoms with Gasteiger partial charge >= 0.3 is 0 Å². The SMILES string of the molecule is COc1cc(C(=O)N2CC(CCN3CCC(C(N)=O)(c4ccccc4)CC3)(c3ccc(Cl)c(Cl)c3)CC2=O)cc(OC)c1OC. The molecule has 2 fully saturated rings. The Morgan fingerprint density at radius 1 is 0.867 bits per heavy atom. The van der Waals surface area contributed by atoms with Crippen molar-refractivity contribution in [1.29, 1.82) is 0 Å². The van der Waals surface area contributed by atoms with Crippen LogP contribution in [0.1, 0.15) is 47.2 Å². The number of nitrogens with two attached hydrogens (primary N) is 1. The van der Waals surface area contributed by atoms with Gasteiger partial charge in [-0.2, -0.15) is 0 Å². The smallest absolute Gasteiger partial charge is 0.260 e. The van der Waals surface area contributed by atoms with E-state index in [9.17, 15) is 14.4 Å². The van der Waals surface area contributed by atoms with Crippen molar-refractivity contribution in [2.24, 2.45) is 5.73 Å². The van der Waals surface area contributed by atoms with Gasteiger partial charge in [0.2, 0.25) is 17.6 Å². The Labute approximate surface area is 273 Å². The van der Waals surface area contributed by atoms with E-state index in [-0.39, 0.29) is 30.3 Å². The van der Waals surface area contributed by atoms with E-state index in [4.69, 9.17) is 43.1 Å². The quantitative estimate of drug-likeness (QED) is 0.298. The van der Waals surface area contributed by atoms with Crippen LogP contribution < -0.4 is 19.9 Å². The molecular weight excluding hydrogens is 617 g/mol. The first kappa shape index (κ1) is 32.6. The van der Waals surface area contributed by atoms with Crippen LogP contribution in [0, 0.1) is 0 Å². The second kappa shape index (κ2) is 13.3. The van der Waals surface area contributed by atoms with E-state index in [1.165, 1.54) is 26.2 Å². The van der Waals surface area contributed by atoms with E-state index in [0.717, 1.165) is 11.1 Å². The Balaban J connectivity index is 1.40. The van der Waals surface area contributed by atoms with Gasteiger partial charge in [-0.15, -0.1) is 0 Å². The van der Waals surface area contributed by atoms with Crippen molar-refractivity contribution >= 4 is 40.9 Å². The van der Waals surface area contributed by atoms with Crippen LogP contribution in [0.2, 0.25) is 10.0 Å². The molecule has 9 nitrogen and oxygen atoms in total. The van der Waals surface area contributed by atoms with Crippen molar-refractivity contribution in [2.45, 2.75) is 36.5 Å². The Bertz CT molecular complexity index is 1570. The van der Waals surface area contributed by atoms with Gasteiger partial charge in [0.15, 0.2) is 11.5 Å². The molecule has 0 aromatic heterocycles. The number of rotatable bonds is 10. The van der Waals surface area contributed by atoms with Gasteiger partial charge in [-0.3, -0.25) is 19.3 Å². The monoisotopic (exact) mass is 653 g/mol. The van der Waals surface area contributed by atoms with Crippen LogP contribution in [0.15, 0.2) is 60.7 Å². The minimum absolute atomic E-state index is 0.115. The Morgan fingerprint density at radius 3 is 2.07 bits per heavy atom. The molecule has 0 radical (unpaired) electrons. The summed E-state index contributed by atoms with van der Waals surface area (Å²) in [5.41, 5.74) is 6.54. The Hall–Kier alpha value is -3.79. The van der Waals surface area contributed by atoms with Crippen LogP contribution in [0.25, 0.3) is 0 Å². The summed E-state index contributed by atoms with van der Waals surface area (Å²) < 4.78 is 16.3. The first-order valence-corrected chi connectivity index (χ1v) is 15.5. The molecule has 1 unspecified atom stereocenters. The second-order valence-corrected chi connectivity index (χ2v) is 12.5. The number of carbonyl (C=O) groups is 3. The molecule has 238 valence electrons.